The summed E-state index contributed by atoms with van der Waals surface area (Å²) >= 11 is 0. The Labute approximate surface area is 218 Å². The van der Waals surface area contributed by atoms with Gasteiger partial charge in [0.2, 0.25) is 5.95 Å². The van der Waals surface area contributed by atoms with E-state index in [1.807, 2.05) is 12.4 Å². The van der Waals surface area contributed by atoms with Crippen LogP contribution in [0, 0.1) is 0 Å². The van der Waals surface area contributed by atoms with Crippen LogP contribution < -0.4 is 15.0 Å². The van der Waals surface area contributed by atoms with E-state index < -0.39 is 0 Å². The number of anilines is 2. The Hall–Kier alpha value is -3.04. The summed E-state index contributed by atoms with van der Waals surface area (Å²) < 4.78 is 12.1. The maximum atomic E-state index is 6.57. The molecule has 2 aromatic heterocycles. The minimum absolute atomic E-state index is 0.163. The molecule has 2 saturated heterocycles. The van der Waals surface area contributed by atoms with Gasteiger partial charge in [0.15, 0.2) is 0 Å². The first kappa shape index (κ1) is 24.3. The molecule has 0 bridgehead atoms. The maximum Gasteiger partial charge on any atom is 0.222 e. The van der Waals surface area contributed by atoms with Crippen molar-refractivity contribution in [1.82, 2.24) is 24.8 Å². The lowest BCUT2D eigenvalue weighted by Gasteiger charge is -2.31. The van der Waals surface area contributed by atoms with Gasteiger partial charge in [0, 0.05) is 55.7 Å². The molecule has 9 nitrogen and oxygen atoms in total. The zero-order valence-electron chi connectivity index (χ0n) is 21.7. The Morgan fingerprint density at radius 2 is 1.59 bits per heavy atom. The number of piperidine rings is 1. The van der Waals surface area contributed by atoms with Crippen LogP contribution in [0.2, 0.25) is 0 Å². The predicted octanol–water partition coefficient (Wildman–Crippen LogP) is 3.87. The summed E-state index contributed by atoms with van der Waals surface area (Å²) in [6.45, 7) is 5.55. The first-order chi connectivity index (χ1) is 18.2. The smallest absolute Gasteiger partial charge is 0.222 e. The molecule has 1 aromatic carbocycles. The quantitative estimate of drug-likeness (QED) is 0.538. The zero-order chi connectivity index (χ0) is 25.0. The summed E-state index contributed by atoms with van der Waals surface area (Å²) in [7, 11) is 2.19. The Morgan fingerprint density at radius 1 is 0.865 bits per heavy atom. The monoisotopic (exact) mass is 503 g/mol. The average molecular weight is 504 g/mol. The molecule has 0 radical (unpaired) electrons. The van der Waals surface area contributed by atoms with Gasteiger partial charge in [-0.25, -0.2) is 15.0 Å². The molecule has 1 N–H and O–H groups in total. The van der Waals surface area contributed by atoms with E-state index in [4.69, 9.17) is 9.47 Å². The average Bonchev–Trinajstić information content (AvgIpc) is 2.95. The number of rotatable bonds is 6. The van der Waals surface area contributed by atoms with Crippen molar-refractivity contribution >= 4 is 22.7 Å². The summed E-state index contributed by atoms with van der Waals surface area (Å²) in [6, 6.07) is 4.61. The molecular weight excluding hydrogens is 466 g/mol. The maximum absolute atomic E-state index is 6.57. The van der Waals surface area contributed by atoms with Crippen LogP contribution in [0.1, 0.15) is 50.0 Å². The van der Waals surface area contributed by atoms with Crippen molar-refractivity contribution in [3.63, 3.8) is 0 Å². The Bertz CT molecular complexity index is 1170. The largest absolute Gasteiger partial charge is 0.488 e. The van der Waals surface area contributed by atoms with E-state index >= 15 is 0 Å². The van der Waals surface area contributed by atoms with E-state index in [-0.39, 0.29) is 6.10 Å². The third-order valence-corrected chi connectivity index (χ3v) is 8.06. The Kier molecular flexibility index (Phi) is 7.32. The second-order valence-electron chi connectivity index (χ2n) is 10.6. The third-order valence-electron chi connectivity index (χ3n) is 8.06. The van der Waals surface area contributed by atoms with Crippen LogP contribution in [0.4, 0.5) is 11.6 Å². The van der Waals surface area contributed by atoms with Crippen LogP contribution in [0.5, 0.6) is 5.75 Å². The number of fused-ring (bicyclic) bond motifs is 1. The Morgan fingerprint density at radius 3 is 2.35 bits per heavy atom. The van der Waals surface area contributed by atoms with Crippen molar-refractivity contribution < 1.29 is 9.47 Å². The SMILES string of the molecule is CN1CCC(c2cnc(N[C@H]3CC[C@@H](Oc4cc(N5CCOCC5)cc5nccnc45)CC3)nc2)CC1. The van der Waals surface area contributed by atoms with E-state index in [0.717, 1.165) is 93.5 Å². The van der Waals surface area contributed by atoms with E-state index in [9.17, 15) is 0 Å². The Balaban J connectivity index is 1.06. The molecule has 3 aliphatic rings. The van der Waals surface area contributed by atoms with Crippen molar-refractivity contribution in [2.45, 2.75) is 56.6 Å². The normalized spacial score (nSPS) is 23.8. The molecule has 1 saturated carbocycles. The topological polar surface area (TPSA) is 88.5 Å². The molecule has 4 heterocycles. The second-order valence-corrected chi connectivity index (χ2v) is 10.6. The second kappa shape index (κ2) is 11.1. The number of nitrogens with one attached hydrogen (secondary N) is 1. The van der Waals surface area contributed by atoms with Gasteiger partial charge in [0.05, 0.1) is 24.8 Å². The van der Waals surface area contributed by atoms with Gasteiger partial charge in [-0.1, -0.05) is 0 Å². The van der Waals surface area contributed by atoms with Gasteiger partial charge >= 0.3 is 0 Å². The summed E-state index contributed by atoms with van der Waals surface area (Å²) in [5, 5.41) is 3.56. The van der Waals surface area contributed by atoms with E-state index in [1.54, 1.807) is 12.4 Å². The van der Waals surface area contributed by atoms with Crippen LogP contribution in [0.25, 0.3) is 11.0 Å². The standard InChI is InChI=1S/C28H37N7O2/c1-34-10-6-20(7-11-34)21-18-31-28(32-19-21)33-22-2-4-24(5-3-22)37-26-17-23(35-12-14-36-15-13-35)16-25-27(26)30-9-8-29-25/h8-9,16-20,22,24H,2-7,10-15H2,1H3,(H,31,32,33)/t22-,24+. The lowest BCUT2D eigenvalue weighted by molar-refractivity contribution is 0.122. The van der Waals surface area contributed by atoms with Crippen molar-refractivity contribution in [1.29, 1.82) is 0 Å². The minimum atomic E-state index is 0.163. The number of hydrogen-bond donors (Lipinski definition) is 1. The molecule has 1 aliphatic carbocycles. The summed E-state index contributed by atoms with van der Waals surface area (Å²) in [5.41, 5.74) is 4.10. The fourth-order valence-corrected chi connectivity index (χ4v) is 5.78. The highest BCUT2D eigenvalue weighted by atomic mass is 16.5. The van der Waals surface area contributed by atoms with Crippen molar-refractivity contribution in [3.05, 3.63) is 42.5 Å². The molecule has 6 rings (SSSR count). The molecule has 0 amide bonds. The number of benzene rings is 1. The third kappa shape index (κ3) is 5.78. The molecule has 0 unspecified atom stereocenters. The van der Waals surface area contributed by atoms with Gasteiger partial charge in [-0.15, -0.1) is 0 Å². The molecule has 9 heteroatoms. The highest BCUT2D eigenvalue weighted by molar-refractivity contribution is 5.85. The number of morpholine rings is 1. The molecular formula is C28H37N7O2. The molecule has 37 heavy (non-hydrogen) atoms. The van der Waals surface area contributed by atoms with Crippen molar-refractivity contribution in [2.24, 2.45) is 0 Å². The number of likely N-dealkylation sites (tertiary alicyclic amines) is 1. The molecule has 196 valence electrons. The van der Waals surface area contributed by atoms with Crippen LogP contribution in [0.3, 0.4) is 0 Å². The van der Waals surface area contributed by atoms with Gasteiger partial charge in [-0.3, -0.25) is 4.98 Å². The molecule has 0 atom stereocenters. The summed E-state index contributed by atoms with van der Waals surface area (Å²) in [5.74, 6) is 2.15. The van der Waals surface area contributed by atoms with E-state index in [1.165, 1.54) is 18.4 Å². The molecule has 2 aliphatic heterocycles. The van der Waals surface area contributed by atoms with Gasteiger partial charge in [0.25, 0.3) is 0 Å². The van der Waals surface area contributed by atoms with Crippen LogP contribution >= 0.6 is 0 Å². The van der Waals surface area contributed by atoms with Crippen LogP contribution in [0.15, 0.2) is 36.9 Å². The first-order valence-corrected chi connectivity index (χ1v) is 13.7. The van der Waals surface area contributed by atoms with Crippen LogP contribution in [-0.2, 0) is 4.74 Å². The molecule has 3 aromatic rings. The first-order valence-electron chi connectivity index (χ1n) is 13.7. The van der Waals surface area contributed by atoms with E-state index in [2.05, 4.69) is 54.2 Å². The van der Waals surface area contributed by atoms with E-state index in [0.29, 0.717) is 12.0 Å². The lowest BCUT2D eigenvalue weighted by atomic mass is 9.91. The van der Waals surface area contributed by atoms with Gasteiger partial charge < -0.3 is 24.6 Å². The molecule has 0 spiro atoms. The number of hydrogen-bond acceptors (Lipinski definition) is 9. The van der Waals surface area contributed by atoms with Crippen LogP contribution in [-0.4, -0.2) is 83.4 Å². The van der Waals surface area contributed by atoms with Crippen molar-refractivity contribution in [2.75, 3.05) is 56.7 Å². The van der Waals surface area contributed by atoms with Gasteiger partial charge in [-0.2, -0.15) is 0 Å². The highest BCUT2D eigenvalue weighted by Gasteiger charge is 2.25. The summed E-state index contributed by atoms with van der Waals surface area (Å²) in [6.07, 6.45) is 14.1. The minimum Gasteiger partial charge on any atom is -0.488 e. The lowest BCUT2D eigenvalue weighted by Crippen LogP contribution is -2.36. The highest BCUT2D eigenvalue weighted by Crippen LogP contribution is 2.33. The zero-order valence-corrected chi connectivity index (χ0v) is 21.7. The number of ether oxygens (including phenoxy) is 2. The summed E-state index contributed by atoms with van der Waals surface area (Å²) in [4.78, 5) is 23.2. The van der Waals surface area contributed by atoms with Gasteiger partial charge in [-0.05, 0) is 76.2 Å². The fourth-order valence-electron chi connectivity index (χ4n) is 5.78. The molecule has 3 fully saturated rings. The fraction of sp³-hybridized carbons (Fsp3) is 0.571. The number of nitrogens with zero attached hydrogens (tertiary/aromatic N) is 6. The van der Waals surface area contributed by atoms with Crippen molar-refractivity contribution in [3.8, 4) is 5.75 Å². The number of aromatic nitrogens is 4. The van der Waals surface area contributed by atoms with Gasteiger partial charge in [0.1, 0.15) is 11.3 Å². The predicted molar refractivity (Wildman–Crippen MR) is 144 cm³/mol.